The molecule has 0 N–H and O–H groups in total. The Kier molecular flexibility index (Phi) is 4.37. The van der Waals surface area contributed by atoms with E-state index in [-0.39, 0.29) is 5.41 Å². The van der Waals surface area contributed by atoms with Crippen molar-refractivity contribution in [3.05, 3.63) is 76.0 Å². The molecular weight excluding hydrogens is 340 g/mol. The molecule has 1 aliphatic carbocycles. The van der Waals surface area contributed by atoms with Crippen LogP contribution in [0.3, 0.4) is 0 Å². The Balaban J connectivity index is 1.68. The van der Waals surface area contributed by atoms with Crippen molar-refractivity contribution >= 4 is 16.3 Å². The summed E-state index contributed by atoms with van der Waals surface area (Å²) < 4.78 is 2.34. The number of aryl methyl sites for hydroxylation is 1. The van der Waals surface area contributed by atoms with E-state index in [2.05, 4.69) is 69.9 Å². The highest BCUT2D eigenvalue weighted by Crippen LogP contribution is 2.42. The van der Waals surface area contributed by atoms with Crippen molar-refractivity contribution in [1.82, 2.24) is 14.8 Å². The van der Waals surface area contributed by atoms with Crippen molar-refractivity contribution in [3.8, 4) is 0 Å². The van der Waals surface area contributed by atoms with Crippen LogP contribution in [0.2, 0.25) is 0 Å². The van der Waals surface area contributed by atoms with Crippen LogP contribution in [0.25, 0.3) is 4.85 Å². The zero-order valence-electron chi connectivity index (χ0n) is 15.1. The van der Waals surface area contributed by atoms with Crippen LogP contribution in [0, 0.1) is 6.57 Å². The van der Waals surface area contributed by atoms with Gasteiger partial charge in [0, 0.05) is 17.3 Å². The summed E-state index contributed by atoms with van der Waals surface area (Å²) in [6.07, 6.45) is 3.40. The highest BCUT2D eigenvalue weighted by atomic mass is 32.1. The Morgan fingerprint density at radius 3 is 2.58 bits per heavy atom. The molecule has 1 fully saturated rings. The van der Waals surface area contributed by atoms with E-state index < -0.39 is 0 Å². The lowest BCUT2D eigenvalue weighted by atomic mass is 9.90. The van der Waals surface area contributed by atoms with Crippen LogP contribution in [0.15, 0.2) is 42.5 Å². The second-order valence-electron chi connectivity index (χ2n) is 7.42. The quantitative estimate of drug-likeness (QED) is 0.555. The molecule has 0 atom stereocenters. The lowest BCUT2D eigenvalue weighted by Gasteiger charge is -2.24. The topological polar surface area (TPSA) is 35.1 Å². The van der Waals surface area contributed by atoms with Gasteiger partial charge in [0.2, 0.25) is 5.00 Å². The van der Waals surface area contributed by atoms with Crippen molar-refractivity contribution in [2.75, 3.05) is 0 Å². The summed E-state index contributed by atoms with van der Waals surface area (Å²) in [5, 5.41) is 9.91. The van der Waals surface area contributed by atoms with Crippen LogP contribution in [0.4, 0.5) is 5.00 Å². The predicted molar refractivity (Wildman–Crippen MR) is 105 cm³/mol. The van der Waals surface area contributed by atoms with E-state index in [1.54, 1.807) is 11.3 Å². The van der Waals surface area contributed by atoms with Gasteiger partial charge in [-0.3, -0.25) is 0 Å². The fraction of sp³-hybridized carbons (Fsp3) is 0.381. The van der Waals surface area contributed by atoms with E-state index in [1.807, 2.05) is 6.07 Å². The molecule has 2 aromatic heterocycles. The molecule has 0 unspecified atom stereocenters. The average molecular weight is 363 g/mol. The zero-order chi connectivity index (χ0) is 18.1. The standard InChI is InChI=1S/C21H22N4S/c1-21(2,17-11-12-18(22-3)26-17)20-24-23-19(16-9-10-16)25(20)14-13-15-7-5-4-6-8-15/h4-8,11-12,16H,9-10,13-14H2,1-2H3. The van der Waals surface area contributed by atoms with Gasteiger partial charge in [-0.2, -0.15) is 11.3 Å². The smallest absolute Gasteiger partial charge is 0.241 e. The monoisotopic (exact) mass is 362 g/mol. The Hall–Kier alpha value is -2.45. The fourth-order valence-electron chi connectivity index (χ4n) is 3.36. The molecule has 1 aromatic carbocycles. The van der Waals surface area contributed by atoms with Crippen LogP contribution in [0.5, 0.6) is 0 Å². The van der Waals surface area contributed by atoms with Crippen molar-refractivity contribution in [2.24, 2.45) is 0 Å². The highest BCUT2D eigenvalue weighted by Gasteiger charge is 2.36. The Labute approximate surface area is 158 Å². The summed E-state index contributed by atoms with van der Waals surface area (Å²) >= 11 is 1.56. The molecule has 1 aliphatic rings. The van der Waals surface area contributed by atoms with E-state index in [0.717, 1.165) is 29.6 Å². The molecule has 0 spiro atoms. The molecule has 0 aliphatic heterocycles. The maximum Gasteiger partial charge on any atom is 0.241 e. The summed E-state index contributed by atoms with van der Waals surface area (Å²) in [6, 6.07) is 14.5. The van der Waals surface area contributed by atoms with Crippen molar-refractivity contribution in [3.63, 3.8) is 0 Å². The minimum Gasteiger partial charge on any atom is -0.314 e. The first kappa shape index (κ1) is 17.0. The van der Waals surface area contributed by atoms with Crippen LogP contribution in [0.1, 0.15) is 54.7 Å². The average Bonchev–Trinajstić information content (AvgIpc) is 3.21. The molecular formula is C21H22N4S. The molecule has 132 valence electrons. The third-order valence-corrected chi connectivity index (χ3v) is 6.37. The number of hydrogen-bond acceptors (Lipinski definition) is 3. The zero-order valence-corrected chi connectivity index (χ0v) is 16.0. The van der Waals surface area contributed by atoms with Crippen LogP contribution in [-0.2, 0) is 18.4 Å². The molecule has 26 heavy (non-hydrogen) atoms. The van der Waals surface area contributed by atoms with E-state index in [1.165, 1.54) is 23.3 Å². The number of aromatic nitrogens is 3. The summed E-state index contributed by atoms with van der Waals surface area (Å²) in [5.41, 5.74) is 1.07. The summed E-state index contributed by atoms with van der Waals surface area (Å²) in [4.78, 5) is 4.73. The van der Waals surface area contributed by atoms with Crippen molar-refractivity contribution in [2.45, 2.75) is 51.0 Å². The third kappa shape index (κ3) is 3.17. The highest BCUT2D eigenvalue weighted by molar-refractivity contribution is 7.16. The summed E-state index contributed by atoms with van der Waals surface area (Å²) in [7, 11) is 0. The van der Waals surface area contributed by atoms with Gasteiger partial charge in [-0.05, 0) is 44.7 Å². The second-order valence-corrected chi connectivity index (χ2v) is 8.48. The fourth-order valence-corrected chi connectivity index (χ4v) is 4.25. The summed E-state index contributed by atoms with van der Waals surface area (Å²) in [6.45, 7) is 12.5. The Bertz CT molecular complexity index is 942. The van der Waals surface area contributed by atoms with E-state index >= 15 is 0 Å². The van der Waals surface area contributed by atoms with E-state index in [9.17, 15) is 0 Å². The normalized spacial score (nSPS) is 14.3. The predicted octanol–water partition coefficient (Wildman–Crippen LogP) is 5.34. The van der Waals surface area contributed by atoms with Crippen molar-refractivity contribution < 1.29 is 0 Å². The van der Waals surface area contributed by atoms with Crippen LogP contribution >= 0.6 is 11.3 Å². The Morgan fingerprint density at radius 1 is 1.15 bits per heavy atom. The summed E-state index contributed by atoms with van der Waals surface area (Å²) in [5.74, 6) is 2.70. The van der Waals surface area contributed by atoms with Gasteiger partial charge in [0.1, 0.15) is 11.6 Å². The molecule has 0 saturated heterocycles. The van der Waals surface area contributed by atoms with Crippen LogP contribution in [-0.4, -0.2) is 14.8 Å². The minimum atomic E-state index is -0.259. The van der Waals surface area contributed by atoms with Crippen molar-refractivity contribution in [1.29, 1.82) is 0 Å². The SMILES string of the molecule is [C-]#[N+]c1ccc(C(C)(C)c2nnc(C3CC3)n2CCc2ccccc2)s1. The Morgan fingerprint density at radius 2 is 1.92 bits per heavy atom. The van der Waals surface area contributed by atoms with Gasteiger partial charge in [-0.1, -0.05) is 36.4 Å². The first-order chi connectivity index (χ1) is 12.6. The van der Waals surface area contributed by atoms with Gasteiger partial charge < -0.3 is 4.57 Å². The minimum absolute atomic E-state index is 0.259. The molecule has 3 aromatic rings. The maximum absolute atomic E-state index is 7.24. The molecule has 0 bridgehead atoms. The lowest BCUT2D eigenvalue weighted by Crippen LogP contribution is -2.24. The number of nitrogens with zero attached hydrogens (tertiary/aromatic N) is 4. The molecule has 0 amide bonds. The molecule has 4 rings (SSSR count). The number of benzene rings is 1. The van der Waals surface area contributed by atoms with Gasteiger partial charge >= 0.3 is 0 Å². The number of hydrogen-bond donors (Lipinski definition) is 0. The largest absolute Gasteiger partial charge is 0.314 e. The second kappa shape index (κ2) is 6.69. The molecule has 2 heterocycles. The van der Waals surface area contributed by atoms with Gasteiger partial charge in [0.15, 0.2) is 0 Å². The third-order valence-electron chi connectivity index (χ3n) is 5.07. The first-order valence-electron chi connectivity index (χ1n) is 9.05. The van der Waals surface area contributed by atoms with Gasteiger partial charge in [0.05, 0.1) is 12.0 Å². The molecule has 0 radical (unpaired) electrons. The van der Waals surface area contributed by atoms with Gasteiger partial charge in [0.25, 0.3) is 0 Å². The molecule has 4 nitrogen and oxygen atoms in total. The number of thiophene rings is 1. The number of rotatable bonds is 6. The molecule has 5 heteroatoms. The van der Waals surface area contributed by atoms with Gasteiger partial charge in [-0.25, -0.2) is 4.85 Å². The lowest BCUT2D eigenvalue weighted by molar-refractivity contribution is 0.526. The van der Waals surface area contributed by atoms with E-state index in [4.69, 9.17) is 6.57 Å². The van der Waals surface area contributed by atoms with E-state index in [0.29, 0.717) is 5.92 Å². The maximum atomic E-state index is 7.24. The van der Waals surface area contributed by atoms with Crippen LogP contribution < -0.4 is 0 Å². The van der Waals surface area contributed by atoms with Gasteiger partial charge in [-0.15, -0.1) is 10.2 Å². The first-order valence-corrected chi connectivity index (χ1v) is 9.86. The molecule has 1 saturated carbocycles.